The van der Waals surface area contributed by atoms with Crippen LogP contribution in [-0.4, -0.2) is 48.6 Å². The summed E-state index contributed by atoms with van der Waals surface area (Å²) in [6, 6.07) is -0.438. The van der Waals surface area contributed by atoms with E-state index >= 15 is 0 Å². The van der Waals surface area contributed by atoms with Gasteiger partial charge in [0.05, 0.1) is 0 Å². The maximum Gasteiger partial charge on any atom is 0.320 e. The molecular weight excluding hydrogens is 400 g/mol. The predicted octanol–water partition coefficient (Wildman–Crippen LogP) is 6.72. The fourth-order valence-corrected chi connectivity index (χ4v) is 3.91. The van der Waals surface area contributed by atoms with Crippen molar-refractivity contribution in [2.45, 2.75) is 129 Å². The van der Waals surface area contributed by atoms with Gasteiger partial charge in [-0.1, -0.05) is 76.9 Å². The number of carbonyl (C=O) groups excluding carboxylic acids is 1. The summed E-state index contributed by atoms with van der Waals surface area (Å²) in [6.07, 6.45) is 25.4. The quantitative estimate of drug-likeness (QED) is 0.133. The molecule has 0 aliphatic rings. The second kappa shape index (κ2) is 22.8. The first-order chi connectivity index (χ1) is 15.5. The van der Waals surface area contributed by atoms with E-state index in [0.717, 1.165) is 25.7 Å². The number of unbranched alkanes of at least 4 members (excludes halogenated alkanes) is 13. The minimum absolute atomic E-state index is 0.128. The smallest absolute Gasteiger partial charge is 0.320 e. The van der Waals surface area contributed by atoms with Gasteiger partial charge in [-0.25, -0.2) is 0 Å². The highest BCUT2D eigenvalue weighted by Crippen LogP contribution is 2.11. The summed E-state index contributed by atoms with van der Waals surface area (Å²) < 4.78 is 0. The fraction of sp³-hybridized carbons (Fsp3) is 0.852. The lowest BCUT2D eigenvalue weighted by Gasteiger charge is -2.19. The number of carboxylic acids is 1. The molecule has 0 spiro atoms. The molecule has 32 heavy (non-hydrogen) atoms. The molecule has 0 bridgehead atoms. The van der Waals surface area contributed by atoms with Crippen molar-refractivity contribution < 1.29 is 14.7 Å². The number of nitrogens with one attached hydrogen (secondary N) is 1. The third-order valence-corrected chi connectivity index (χ3v) is 6.05. The van der Waals surface area contributed by atoms with Crippen molar-refractivity contribution in [3.05, 3.63) is 12.2 Å². The average Bonchev–Trinajstić information content (AvgIpc) is 2.75. The molecule has 0 saturated carbocycles. The molecule has 188 valence electrons. The Hall–Kier alpha value is -1.36. The van der Waals surface area contributed by atoms with E-state index in [1.165, 1.54) is 77.0 Å². The van der Waals surface area contributed by atoms with Crippen molar-refractivity contribution in [2.75, 3.05) is 20.6 Å². The Labute approximate surface area is 198 Å². The lowest BCUT2D eigenvalue weighted by molar-refractivity contribution is -0.142. The summed E-state index contributed by atoms with van der Waals surface area (Å²) in [5, 5.41) is 12.1. The number of allylic oxidation sites excluding steroid dienone is 2. The Bertz CT molecular complexity index is 478. The van der Waals surface area contributed by atoms with Gasteiger partial charge in [-0.05, 0) is 65.5 Å². The number of likely N-dealkylation sites (N-methyl/N-ethyl adjacent to an activating group) is 1. The van der Waals surface area contributed by atoms with Crippen LogP contribution in [0.1, 0.15) is 122 Å². The number of aliphatic carboxylic acids is 1. The molecule has 0 aromatic rings. The third kappa shape index (κ3) is 20.5. The number of carboxylic acid groups (broad SMARTS) is 1. The third-order valence-electron chi connectivity index (χ3n) is 6.05. The summed E-state index contributed by atoms with van der Waals surface area (Å²) in [5.41, 5.74) is 0. The highest BCUT2D eigenvalue weighted by atomic mass is 16.4. The molecule has 0 fully saturated rings. The van der Waals surface area contributed by atoms with Crippen molar-refractivity contribution in [1.29, 1.82) is 0 Å². The molecule has 0 rings (SSSR count). The van der Waals surface area contributed by atoms with E-state index < -0.39 is 12.0 Å². The van der Waals surface area contributed by atoms with Crippen molar-refractivity contribution in [1.82, 2.24) is 10.2 Å². The fourth-order valence-electron chi connectivity index (χ4n) is 3.91. The molecule has 1 atom stereocenters. The van der Waals surface area contributed by atoms with E-state index in [1.807, 2.05) is 0 Å². The van der Waals surface area contributed by atoms with Crippen LogP contribution in [0.15, 0.2) is 12.2 Å². The molecule has 0 aromatic heterocycles. The maximum atomic E-state index is 11.9. The number of amides is 1. The van der Waals surface area contributed by atoms with E-state index in [-0.39, 0.29) is 5.91 Å². The number of hydrogen-bond donors (Lipinski definition) is 2. The van der Waals surface area contributed by atoms with Crippen LogP contribution < -0.4 is 5.32 Å². The zero-order chi connectivity index (χ0) is 23.9. The molecule has 0 unspecified atom stereocenters. The van der Waals surface area contributed by atoms with Crippen LogP contribution in [-0.2, 0) is 9.59 Å². The lowest BCUT2D eigenvalue weighted by atomic mass is 10.1. The lowest BCUT2D eigenvalue weighted by Crippen LogP contribution is -2.35. The molecule has 1 amide bonds. The van der Waals surface area contributed by atoms with E-state index in [9.17, 15) is 9.59 Å². The molecule has 0 aliphatic carbocycles. The van der Waals surface area contributed by atoms with Gasteiger partial charge < -0.3 is 10.4 Å². The summed E-state index contributed by atoms with van der Waals surface area (Å²) in [7, 11) is 3.57. The van der Waals surface area contributed by atoms with Gasteiger partial charge in [0.15, 0.2) is 0 Å². The number of hydrogen-bond acceptors (Lipinski definition) is 3. The Morgan fingerprint density at radius 3 is 1.84 bits per heavy atom. The first-order valence-electron chi connectivity index (χ1n) is 13.3. The van der Waals surface area contributed by atoms with Gasteiger partial charge in [0, 0.05) is 13.0 Å². The van der Waals surface area contributed by atoms with Gasteiger partial charge in [0.1, 0.15) is 6.04 Å². The van der Waals surface area contributed by atoms with Crippen LogP contribution >= 0.6 is 0 Å². The number of carbonyl (C=O) groups is 2. The Kier molecular flexibility index (Phi) is 21.9. The van der Waals surface area contributed by atoms with Crippen molar-refractivity contribution in [3.63, 3.8) is 0 Å². The Balaban J connectivity index is 3.37. The van der Waals surface area contributed by atoms with Gasteiger partial charge in [-0.2, -0.15) is 0 Å². The minimum Gasteiger partial charge on any atom is -0.480 e. The average molecular weight is 453 g/mol. The van der Waals surface area contributed by atoms with E-state index in [2.05, 4.69) is 24.4 Å². The van der Waals surface area contributed by atoms with Gasteiger partial charge in [-0.15, -0.1) is 0 Å². The molecule has 5 heteroatoms. The molecule has 0 heterocycles. The van der Waals surface area contributed by atoms with Gasteiger partial charge in [-0.3, -0.25) is 14.5 Å². The van der Waals surface area contributed by atoms with Crippen LogP contribution in [0.4, 0.5) is 0 Å². The second-order valence-electron chi connectivity index (χ2n) is 9.35. The second-order valence-corrected chi connectivity index (χ2v) is 9.35. The molecule has 5 nitrogen and oxygen atoms in total. The Morgan fingerprint density at radius 2 is 1.31 bits per heavy atom. The standard InChI is InChI=1S/C27H52N2O3/c1-4-5-6-7-8-9-10-11-12-13-14-15-16-17-18-19-23-26(30)28-24-21-20-22-25(27(31)32)29(2)3/h11-12,25H,4-10,13-24H2,1-3H3,(H,28,30)(H,31,32)/b12-11+/t25-/m0/s1. The van der Waals surface area contributed by atoms with Crippen molar-refractivity contribution >= 4 is 11.9 Å². The zero-order valence-corrected chi connectivity index (χ0v) is 21.4. The van der Waals surface area contributed by atoms with Crippen LogP contribution in [0.2, 0.25) is 0 Å². The molecule has 2 N–H and O–H groups in total. The predicted molar refractivity (Wildman–Crippen MR) is 136 cm³/mol. The van der Waals surface area contributed by atoms with Gasteiger partial charge in [0.25, 0.3) is 0 Å². The largest absolute Gasteiger partial charge is 0.480 e. The first kappa shape index (κ1) is 30.6. The van der Waals surface area contributed by atoms with Gasteiger partial charge >= 0.3 is 5.97 Å². The van der Waals surface area contributed by atoms with E-state index in [1.54, 1.807) is 19.0 Å². The van der Waals surface area contributed by atoms with E-state index in [4.69, 9.17) is 5.11 Å². The van der Waals surface area contributed by atoms with Crippen LogP contribution in [0.25, 0.3) is 0 Å². The highest BCUT2D eigenvalue weighted by molar-refractivity contribution is 5.75. The molecule has 0 radical (unpaired) electrons. The van der Waals surface area contributed by atoms with Gasteiger partial charge in [0.2, 0.25) is 5.91 Å². The zero-order valence-electron chi connectivity index (χ0n) is 21.4. The van der Waals surface area contributed by atoms with Crippen LogP contribution in [0.5, 0.6) is 0 Å². The molecule has 0 aromatic carbocycles. The van der Waals surface area contributed by atoms with E-state index in [0.29, 0.717) is 19.4 Å². The van der Waals surface area contributed by atoms with Crippen molar-refractivity contribution in [3.8, 4) is 0 Å². The SMILES string of the molecule is CCCCCCCC/C=C/CCCCCCCCC(=O)NCCCC[C@@H](C(=O)O)N(C)C. The maximum absolute atomic E-state index is 11.9. The molecular formula is C27H52N2O3. The monoisotopic (exact) mass is 452 g/mol. The minimum atomic E-state index is -0.779. The van der Waals surface area contributed by atoms with Crippen LogP contribution in [0.3, 0.4) is 0 Å². The first-order valence-corrected chi connectivity index (χ1v) is 13.3. The van der Waals surface area contributed by atoms with Crippen molar-refractivity contribution in [2.24, 2.45) is 0 Å². The number of rotatable bonds is 23. The molecule has 0 aliphatic heterocycles. The topological polar surface area (TPSA) is 69.6 Å². The highest BCUT2D eigenvalue weighted by Gasteiger charge is 2.18. The normalized spacial score (nSPS) is 12.5. The van der Waals surface area contributed by atoms with Crippen LogP contribution in [0, 0.1) is 0 Å². The summed E-state index contributed by atoms with van der Waals surface area (Å²) in [6.45, 7) is 2.91. The molecule has 0 saturated heterocycles. The summed E-state index contributed by atoms with van der Waals surface area (Å²) in [4.78, 5) is 24.7. The number of nitrogens with zero attached hydrogens (tertiary/aromatic N) is 1. The summed E-state index contributed by atoms with van der Waals surface area (Å²) >= 11 is 0. The summed E-state index contributed by atoms with van der Waals surface area (Å²) in [5.74, 6) is -0.651. The Morgan fingerprint density at radius 1 is 0.781 bits per heavy atom.